The third-order valence-electron chi connectivity index (χ3n) is 4.05. The Hall–Kier alpha value is -0.100. The number of aliphatic hydroxyl groups excluding tert-OH is 1. The molecule has 112 valence electrons. The van der Waals surface area contributed by atoms with Crippen LogP contribution >= 0.6 is 31.9 Å². The Bertz CT molecular complexity index is 430. The Labute approximate surface area is 137 Å². The highest BCUT2D eigenvalue weighted by Crippen LogP contribution is 2.34. The summed E-state index contributed by atoms with van der Waals surface area (Å²) < 4.78 is 7.22. The lowest BCUT2D eigenvalue weighted by Gasteiger charge is -2.18. The Morgan fingerprint density at radius 3 is 2.50 bits per heavy atom. The average Bonchev–Trinajstić information content (AvgIpc) is 2.86. The van der Waals surface area contributed by atoms with Crippen LogP contribution in [0.15, 0.2) is 21.1 Å². The maximum absolute atomic E-state index is 9.33. The predicted octanol–water partition coefficient (Wildman–Crippen LogP) is 3.72. The van der Waals surface area contributed by atoms with Crippen LogP contribution < -0.4 is 10.1 Å². The van der Waals surface area contributed by atoms with Gasteiger partial charge in [-0.3, -0.25) is 0 Å². The quantitative estimate of drug-likeness (QED) is 0.756. The molecule has 20 heavy (non-hydrogen) atoms. The van der Waals surface area contributed by atoms with E-state index in [1.165, 1.54) is 24.8 Å². The summed E-state index contributed by atoms with van der Waals surface area (Å²) in [6.07, 6.45) is 3.65. The first-order chi connectivity index (χ1) is 9.65. The molecule has 0 aliphatic heterocycles. The van der Waals surface area contributed by atoms with Gasteiger partial charge in [0, 0.05) is 13.2 Å². The summed E-state index contributed by atoms with van der Waals surface area (Å²) >= 11 is 7.04. The van der Waals surface area contributed by atoms with Crippen molar-refractivity contribution in [1.82, 2.24) is 5.32 Å². The Morgan fingerprint density at radius 2 is 1.90 bits per heavy atom. The number of hydrogen-bond donors (Lipinski definition) is 2. The van der Waals surface area contributed by atoms with Crippen LogP contribution in [0.1, 0.15) is 24.8 Å². The average molecular weight is 407 g/mol. The molecule has 5 heteroatoms. The maximum Gasteiger partial charge on any atom is 0.147 e. The van der Waals surface area contributed by atoms with E-state index < -0.39 is 0 Å². The molecule has 2 rings (SSSR count). The molecule has 1 aromatic carbocycles. The van der Waals surface area contributed by atoms with Gasteiger partial charge in [0.25, 0.3) is 0 Å². The highest BCUT2D eigenvalue weighted by atomic mass is 79.9. The van der Waals surface area contributed by atoms with Gasteiger partial charge in [-0.15, -0.1) is 0 Å². The molecule has 1 saturated carbocycles. The van der Waals surface area contributed by atoms with Crippen molar-refractivity contribution in [2.75, 3.05) is 20.3 Å². The molecular formula is C15H21Br2NO2. The molecule has 2 unspecified atom stereocenters. The summed E-state index contributed by atoms with van der Waals surface area (Å²) in [7, 11) is 1.66. The van der Waals surface area contributed by atoms with Crippen LogP contribution in [0.3, 0.4) is 0 Å². The van der Waals surface area contributed by atoms with Crippen molar-refractivity contribution < 1.29 is 9.84 Å². The smallest absolute Gasteiger partial charge is 0.147 e. The van der Waals surface area contributed by atoms with E-state index >= 15 is 0 Å². The Balaban J connectivity index is 1.88. The van der Waals surface area contributed by atoms with Crippen molar-refractivity contribution in [1.29, 1.82) is 0 Å². The minimum Gasteiger partial charge on any atom is -0.494 e. The molecular weight excluding hydrogens is 386 g/mol. The van der Waals surface area contributed by atoms with E-state index in [-0.39, 0.29) is 0 Å². The van der Waals surface area contributed by atoms with E-state index in [1.807, 2.05) is 0 Å². The zero-order valence-electron chi connectivity index (χ0n) is 11.7. The highest BCUT2D eigenvalue weighted by molar-refractivity contribution is 9.11. The number of halogens is 2. The third kappa shape index (κ3) is 3.97. The molecule has 0 heterocycles. The van der Waals surface area contributed by atoms with Crippen LogP contribution in [0, 0.1) is 11.8 Å². The van der Waals surface area contributed by atoms with Gasteiger partial charge in [-0.25, -0.2) is 0 Å². The fourth-order valence-electron chi connectivity index (χ4n) is 2.93. The first-order valence-corrected chi connectivity index (χ1v) is 8.57. The molecule has 0 aromatic heterocycles. The van der Waals surface area contributed by atoms with E-state index in [2.05, 4.69) is 49.3 Å². The van der Waals surface area contributed by atoms with Crippen LogP contribution in [-0.4, -0.2) is 25.4 Å². The lowest BCUT2D eigenvalue weighted by Crippen LogP contribution is -2.26. The van der Waals surface area contributed by atoms with Crippen molar-refractivity contribution in [3.05, 3.63) is 26.6 Å². The van der Waals surface area contributed by atoms with Crippen LogP contribution in [0.2, 0.25) is 0 Å². The van der Waals surface area contributed by atoms with Gasteiger partial charge in [-0.1, -0.05) is 6.42 Å². The van der Waals surface area contributed by atoms with Gasteiger partial charge in [-0.05, 0) is 80.8 Å². The van der Waals surface area contributed by atoms with Crippen molar-refractivity contribution in [2.24, 2.45) is 11.8 Å². The van der Waals surface area contributed by atoms with Crippen LogP contribution in [0.25, 0.3) is 0 Å². The monoisotopic (exact) mass is 405 g/mol. The van der Waals surface area contributed by atoms with Crippen LogP contribution in [0.4, 0.5) is 0 Å². The van der Waals surface area contributed by atoms with E-state index in [1.54, 1.807) is 7.11 Å². The molecule has 3 nitrogen and oxygen atoms in total. The van der Waals surface area contributed by atoms with Crippen LogP contribution in [-0.2, 0) is 6.54 Å². The molecule has 2 N–H and O–H groups in total. The fraction of sp³-hybridized carbons (Fsp3) is 0.600. The first kappa shape index (κ1) is 16.3. The molecule has 1 fully saturated rings. The van der Waals surface area contributed by atoms with Gasteiger partial charge >= 0.3 is 0 Å². The fourth-order valence-corrected chi connectivity index (χ4v) is 4.54. The molecule has 1 aromatic rings. The molecule has 0 spiro atoms. The molecule has 1 aliphatic rings. The van der Waals surface area contributed by atoms with E-state index in [0.717, 1.165) is 27.8 Å². The molecule has 0 saturated heterocycles. The second kappa shape index (κ2) is 7.78. The summed E-state index contributed by atoms with van der Waals surface area (Å²) in [6, 6.07) is 4.16. The maximum atomic E-state index is 9.33. The van der Waals surface area contributed by atoms with Crippen molar-refractivity contribution in [3.63, 3.8) is 0 Å². The van der Waals surface area contributed by atoms with Gasteiger partial charge in [0.05, 0.1) is 16.1 Å². The first-order valence-electron chi connectivity index (χ1n) is 6.99. The van der Waals surface area contributed by atoms with E-state index in [4.69, 9.17) is 4.74 Å². The molecule has 1 aliphatic carbocycles. The van der Waals surface area contributed by atoms with Gasteiger partial charge in [-0.2, -0.15) is 0 Å². The van der Waals surface area contributed by atoms with Gasteiger partial charge in [0.15, 0.2) is 0 Å². The van der Waals surface area contributed by atoms with Crippen LogP contribution in [0.5, 0.6) is 5.75 Å². The third-order valence-corrected chi connectivity index (χ3v) is 5.23. The number of ether oxygens (including phenoxy) is 1. The summed E-state index contributed by atoms with van der Waals surface area (Å²) in [5.74, 6) is 1.92. The number of nitrogens with one attached hydrogen (secondary N) is 1. The highest BCUT2D eigenvalue weighted by Gasteiger charge is 2.25. The molecule has 2 atom stereocenters. The zero-order chi connectivity index (χ0) is 14.5. The standard InChI is InChI=1S/C15H21Br2NO2/c1-20-15-13(16)5-10(6-14(15)17)7-18-8-11-3-2-4-12(11)9-19/h5-6,11-12,18-19H,2-4,7-9H2,1H3. The molecule has 0 radical (unpaired) electrons. The SMILES string of the molecule is COc1c(Br)cc(CNCC2CCCC2CO)cc1Br. The minimum atomic E-state index is 0.325. The molecule has 0 amide bonds. The lowest BCUT2D eigenvalue weighted by molar-refractivity contribution is 0.192. The minimum absolute atomic E-state index is 0.325. The summed E-state index contributed by atoms with van der Waals surface area (Å²) in [5, 5.41) is 12.8. The number of hydrogen-bond acceptors (Lipinski definition) is 3. The second-order valence-electron chi connectivity index (χ2n) is 5.36. The van der Waals surface area contributed by atoms with Gasteiger partial charge in [0.2, 0.25) is 0 Å². The van der Waals surface area contributed by atoms with Gasteiger partial charge in [0.1, 0.15) is 5.75 Å². The van der Waals surface area contributed by atoms with E-state index in [0.29, 0.717) is 18.4 Å². The number of benzene rings is 1. The topological polar surface area (TPSA) is 41.5 Å². The lowest BCUT2D eigenvalue weighted by atomic mass is 9.97. The zero-order valence-corrected chi connectivity index (χ0v) is 14.8. The van der Waals surface area contributed by atoms with Gasteiger partial charge < -0.3 is 15.2 Å². The second-order valence-corrected chi connectivity index (χ2v) is 7.07. The van der Waals surface area contributed by atoms with Crippen molar-refractivity contribution >= 4 is 31.9 Å². The summed E-state index contributed by atoms with van der Waals surface area (Å²) in [5.41, 5.74) is 1.21. The number of aliphatic hydroxyl groups is 1. The predicted molar refractivity (Wildman–Crippen MR) is 88.0 cm³/mol. The Kier molecular flexibility index (Phi) is 6.33. The number of methoxy groups -OCH3 is 1. The summed E-state index contributed by atoms with van der Waals surface area (Å²) in [4.78, 5) is 0. The van der Waals surface area contributed by atoms with Crippen molar-refractivity contribution in [3.8, 4) is 5.75 Å². The molecule has 0 bridgehead atoms. The normalized spacial score (nSPS) is 22.2. The Morgan fingerprint density at radius 1 is 1.25 bits per heavy atom. The number of rotatable bonds is 6. The van der Waals surface area contributed by atoms with Crippen molar-refractivity contribution in [2.45, 2.75) is 25.8 Å². The van der Waals surface area contributed by atoms with E-state index in [9.17, 15) is 5.11 Å². The summed E-state index contributed by atoms with van der Waals surface area (Å²) in [6.45, 7) is 2.13. The largest absolute Gasteiger partial charge is 0.494 e.